The molecule has 4 heteroatoms. The van der Waals surface area contributed by atoms with Crippen LogP contribution in [0.1, 0.15) is 26.3 Å². The van der Waals surface area contributed by atoms with Gasteiger partial charge < -0.3 is 0 Å². The smallest absolute Gasteiger partial charge is 0.267 e. The minimum atomic E-state index is -0.293. The molecule has 0 atom stereocenters. The second-order valence-corrected chi connectivity index (χ2v) is 4.15. The lowest BCUT2D eigenvalue weighted by molar-refractivity contribution is 0.336. The Bertz CT molecular complexity index is 351. The molecule has 0 saturated carbocycles. The highest BCUT2D eigenvalue weighted by Crippen LogP contribution is 2.08. The summed E-state index contributed by atoms with van der Waals surface area (Å²) in [7, 11) is 0. The summed E-state index contributed by atoms with van der Waals surface area (Å²) in [5.74, 6) is 0.234. The van der Waals surface area contributed by atoms with Gasteiger partial charge in [-0.25, -0.2) is 4.68 Å². The Labute approximate surface area is 82.3 Å². The van der Waals surface area contributed by atoms with E-state index in [1.165, 1.54) is 4.68 Å². The minimum Gasteiger partial charge on any atom is -0.267 e. The van der Waals surface area contributed by atoms with Gasteiger partial charge in [0.05, 0.1) is 11.4 Å². The third-order valence-corrected chi connectivity index (χ3v) is 1.99. The van der Waals surface area contributed by atoms with E-state index < -0.39 is 0 Å². The molecule has 0 fully saturated rings. The van der Waals surface area contributed by atoms with Gasteiger partial charge in [0.2, 0.25) is 0 Å². The zero-order valence-corrected chi connectivity index (χ0v) is 8.80. The van der Waals surface area contributed by atoms with Crippen molar-refractivity contribution >= 4 is 11.6 Å². The van der Waals surface area contributed by atoms with Crippen LogP contribution in [-0.2, 0) is 11.4 Å². The molecule has 13 heavy (non-hydrogen) atoms. The highest BCUT2D eigenvalue weighted by atomic mass is 35.5. The topological polar surface area (TPSA) is 34.9 Å². The summed E-state index contributed by atoms with van der Waals surface area (Å²) < 4.78 is 1.45. The van der Waals surface area contributed by atoms with E-state index in [2.05, 4.69) is 5.10 Å². The predicted octanol–water partition coefficient (Wildman–Crippen LogP) is 1.74. The Morgan fingerprint density at radius 2 is 2.15 bits per heavy atom. The molecule has 0 aromatic carbocycles. The molecule has 0 aliphatic rings. The van der Waals surface area contributed by atoms with E-state index >= 15 is 0 Å². The van der Waals surface area contributed by atoms with E-state index in [-0.39, 0.29) is 17.0 Å². The molecule has 0 amide bonds. The van der Waals surface area contributed by atoms with Crippen molar-refractivity contribution in [2.45, 2.75) is 32.2 Å². The minimum absolute atomic E-state index is 0.106. The van der Waals surface area contributed by atoms with Crippen LogP contribution in [-0.4, -0.2) is 9.78 Å². The molecule has 0 aliphatic carbocycles. The van der Waals surface area contributed by atoms with E-state index in [1.807, 2.05) is 20.8 Å². The largest absolute Gasteiger partial charge is 0.271 e. The van der Waals surface area contributed by atoms with Crippen molar-refractivity contribution in [3.05, 3.63) is 28.2 Å². The molecule has 1 aromatic rings. The Morgan fingerprint density at radius 3 is 2.62 bits per heavy atom. The van der Waals surface area contributed by atoms with Gasteiger partial charge in [-0.3, -0.25) is 4.79 Å². The van der Waals surface area contributed by atoms with Crippen LogP contribution in [0.3, 0.4) is 0 Å². The molecule has 0 saturated heterocycles. The summed E-state index contributed by atoms with van der Waals surface area (Å²) in [6.07, 6.45) is 1.60. The number of nitrogens with zero attached hydrogens (tertiary/aromatic N) is 2. The average molecular weight is 201 g/mol. The standard InChI is InChI=1S/C9H13ClN2O/c1-9(2,3)12-8(13)7(6-10)4-5-11-12/h4-5H,6H2,1-3H3. The normalized spacial score (nSPS) is 11.7. The van der Waals surface area contributed by atoms with Gasteiger partial charge in [-0.05, 0) is 26.8 Å². The van der Waals surface area contributed by atoms with Gasteiger partial charge in [0.25, 0.3) is 5.56 Å². The van der Waals surface area contributed by atoms with Crippen LogP contribution in [0, 0.1) is 0 Å². The Balaban J connectivity index is 3.33. The molecule has 1 aromatic heterocycles. The fourth-order valence-corrected chi connectivity index (χ4v) is 1.23. The molecular formula is C9H13ClN2O. The molecular weight excluding hydrogens is 188 g/mol. The molecule has 72 valence electrons. The highest BCUT2D eigenvalue weighted by molar-refractivity contribution is 6.17. The van der Waals surface area contributed by atoms with Crippen molar-refractivity contribution in [1.29, 1.82) is 0 Å². The molecule has 1 heterocycles. The van der Waals surface area contributed by atoms with Crippen LogP contribution >= 0.6 is 11.6 Å². The van der Waals surface area contributed by atoms with Gasteiger partial charge >= 0.3 is 0 Å². The van der Waals surface area contributed by atoms with Gasteiger partial charge in [-0.2, -0.15) is 5.10 Å². The van der Waals surface area contributed by atoms with Crippen LogP contribution < -0.4 is 5.56 Å². The Kier molecular flexibility index (Phi) is 2.76. The second kappa shape index (κ2) is 3.50. The summed E-state index contributed by atoms with van der Waals surface area (Å²) >= 11 is 5.61. The predicted molar refractivity (Wildman–Crippen MR) is 53.1 cm³/mol. The van der Waals surface area contributed by atoms with Gasteiger partial charge in [-0.15, -0.1) is 11.6 Å². The monoisotopic (exact) mass is 200 g/mol. The van der Waals surface area contributed by atoms with E-state index in [4.69, 9.17) is 11.6 Å². The molecule has 3 nitrogen and oxygen atoms in total. The number of halogens is 1. The summed E-state index contributed by atoms with van der Waals surface area (Å²) in [4.78, 5) is 11.7. The van der Waals surface area contributed by atoms with E-state index in [1.54, 1.807) is 12.3 Å². The Hall–Kier alpha value is -0.830. The quantitative estimate of drug-likeness (QED) is 0.648. The average Bonchev–Trinajstić information content (AvgIpc) is 2.02. The third kappa shape index (κ3) is 2.10. The first-order chi connectivity index (χ1) is 5.96. The van der Waals surface area contributed by atoms with Gasteiger partial charge in [0.15, 0.2) is 0 Å². The van der Waals surface area contributed by atoms with Gasteiger partial charge in [-0.1, -0.05) is 0 Å². The second-order valence-electron chi connectivity index (χ2n) is 3.88. The fourth-order valence-electron chi connectivity index (χ4n) is 1.03. The summed E-state index contributed by atoms with van der Waals surface area (Å²) in [5, 5.41) is 4.00. The van der Waals surface area contributed by atoms with Crippen molar-refractivity contribution in [3.8, 4) is 0 Å². The maximum atomic E-state index is 11.7. The molecule has 0 spiro atoms. The number of alkyl halides is 1. The molecule has 0 aliphatic heterocycles. The van der Waals surface area contributed by atoms with Gasteiger partial charge in [0.1, 0.15) is 0 Å². The van der Waals surface area contributed by atoms with E-state index in [0.29, 0.717) is 5.56 Å². The van der Waals surface area contributed by atoms with E-state index in [0.717, 1.165) is 0 Å². The van der Waals surface area contributed by atoms with Crippen molar-refractivity contribution in [3.63, 3.8) is 0 Å². The molecule has 1 rings (SSSR count). The fraction of sp³-hybridized carbons (Fsp3) is 0.556. The lowest BCUT2D eigenvalue weighted by Gasteiger charge is -2.20. The van der Waals surface area contributed by atoms with Crippen molar-refractivity contribution < 1.29 is 0 Å². The SMILES string of the molecule is CC(C)(C)n1nccc(CCl)c1=O. The molecule has 0 bridgehead atoms. The summed E-state index contributed by atoms with van der Waals surface area (Å²) in [5.41, 5.74) is 0.190. The van der Waals surface area contributed by atoms with Crippen LogP contribution in [0.15, 0.2) is 17.1 Å². The third-order valence-electron chi connectivity index (χ3n) is 1.70. The number of rotatable bonds is 1. The summed E-state index contributed by atoms with van der Waals surface area (Å²) in [6, 6.07) is 1.65. The first kappa shape index (κ1) is 10.3. The van der Waals surface area contributed by atoms with Crippen LogP contribution in [0.4, 0.5) is 0 Å². The molecule has 0 unspecified atom stereocenters. The van der Waals surface area contributed by atoms with E-state index in [9.17, 15) is 4.79 Å². The van der Waals surface area contributed by atoms with Crippen LogP contribution in [0.25, 0.3) is 0 Å². The maximum Gasteiger partial charge on any atom is 0.271 e. The van der Waals surface area contributed by atoms with Crippen molar-refractivity contribution in [2.24, 2.45) is 0 Å². The molecule has 0 radical (unpaired) electrons. The lowest BCUT2D eigenvalue weighted by atomic mass is 10.1. The Morgan fingerprint density at radius 1 is 1.54 bits per heavy atom. The zero-order chi connectivity index (χ0) is 10.1. The van der Waals surface area contributed by atoms with Crippen LogP contribution in [0.2, 0.25) is 0 Å². The summed E-state index contributed by atoms with van der Waals surface area (Å²) in [6.45, 7) is 5.79. The maximum absolute atomic E-state index is 11.7. The number of aromatic nitrogens is 2. The zero-order valence-electron chi connectivity index (χ0n) is 8.04. The first-order valence-electron chi connectivity index (χ1n) is 4.10. The van der Waals surface area contributed by atoms with Gasteiger partial charge in [0, 0.05) is 11.8 Å². The van der Waals surface area contributed by atoms with Crippen LogP contribution in [0.5, 0.6) is 0 Å². The van der Waals surface area contributed by atoms with Crippen molar-refractivity contribution in [1.82, 2.24) is 9.78 Å². The molecule has 0 N–H and O–H groups in total. The number of hydrogen-bond donors (Lipinski definition) is 0. The van der Waals surface area contributed by atoms with Crippen molar-refractivity contribution in [2.75, 3.05) is 0 Å². The highest BCUT2D eigenvalue weighted by Gasteiger charge is 2.16. The lowest BCUT2D eigenvalue weighted by Crippen LogP contribution is -2.37. The number of hydrogen-bond acceptors (Lipinski definition) is 2. The first-order valence-corrected chi connectivity index (χ1v) is 4.64.